The van der Waals surface area contributed by atoms with Crippen molar-refractivity contribution in [3.05, 3.63) is 65.4 Å². The largest absolute Gasteiger partial charge is 0.391 e. The first-order chi connectivity index (χ1) is 20.9. The minimum Gasteiger partial charge on any atom is -0.391 e. The third kappa shape index (κ3) is 6.37. The maximum Gasteiger partial charge on any atom is 0.242 e. The number of aryl methyl sites for hydroxylation is 1. The number of hydrogen-bond donors (Lipinski definition) is 2. The molecular weight excluding hydrogens is 574 g/mol. The van der Waals surface area contributed by atoms with Gasteiger partial charge in [-0.2, -0.15) is 0 Å². The molecule has 0 bridgehead atoms. The lowest BCUT2D eigenvalue weighted by molar-refractivity contribution is -0.123. The van der Waals surface area contributed by atoms with Crippen LogP contribution in [-0.4, -0.2) is 60.1 Å². The van der Waals surface area contributed by atoms with Crippen LogP contribution in [0.5, 0.6) is 0 Å². The number of benzene rings is 2. The molecule has 238 valence electrons. The van der Waals surface area contributed by atoms with Crippen LogP contribution in [-0.2, 0) is 34.2 Å². The number of ketones is 2. The fraction of sp³-hybridized carbons (Fsp3) is 0.543. The number of nitrogens with one attached hydrogen (secondary N) is 1. The number of carbonyl (C=O) groups is 2. The highest BCUT2D eigenvalue weighted by Gasteiger charge is 2.58. The maximum atomic E-state index is 14.0. The van der Waals surface area contributed by atoms with Gasteiger partial charge < -0.3 is 15.0 Å². The second-order valence-corrected chi connectivity index (χ2v) is 15.8. The van der Waals surface area contributed by atoms with Crippen molar-refractivity contribution >= 4 is 38.2 Å². The molecule has 0 unspecified atom stereocenters. The number of Topliss-reactive ketones (excluding diaryl/α,β-unsaturated/α-hetero) is 2. The highest BCUT2D eigenvalue weighted by molar-refractivity contribution is 7.94. The normalized spacial score (nSPS) is 18.8. The zero-order chi connectivity index (χ0) is 31.8. The van der Waals surface area contributed by atoms with E-state index in [0.717, 1.165) is 34.9 Å². The Hall–Kier alpha value is -3.01. The summed E-state index contributed by atoms with van der Waals surface area (Å²) in [5.74, 6) is 0.146. The van der Waals surface area contributed by atoms with Crippen LogP contribution in [0.3, 0.4) is 0 Å². The maximum absolute atomic E-state index is 14.0. The number of aromatic nitrogens is 1. The van der Waals surface area contributed by atoms with Gasteiger partial charge in [-0.05, 0) is 80.7 Å². The van der Waals surface area contributed by atoms with Crippen molar-refractivity contribution in [1.29, 1.82) is 0 Å². The SMILES string of the molecule is CCc1cn2c3c(cc(C(=O)C[C@H](CN[C@H](C(=O)CCC(C)C)[C@H](C)O)Cc4ccccc4)cc13)N(C)S(=O)(=O)C1(CC1)C2. The molecule has 2 heterocycles. The molecule has 2 N–H and O–H groups in total. The minimum absolute atomic E-state index is 0.0200. The lowest BCUT2D eigenvalue weighted by Crippen LogP contribution is -2.47. The van der Waals surface area contributed by atoms with Gasteiger partial charge in [-0.25, -0.2) is 8.42 Å². The number of aliphatic hydroxyl groups is 1. The summed E-state index contributed by atoms with van der Waals surface area (Å²) < 4.78 is 30.0. The summed E-state index contributed by atoms with van der Waals surface area (Å²) in [6, 6.07) is 12.9. The molecule has 0 saturated heterocycles. The molecule has 0 amide bonds. The van der Waals surface area contributed by atoms with Gasteiger partial charge in [-0.3, -0.25) is 13.9 Å². The first-order valence-electron chi connectivity index (χ1n) is 16.0. The van der Waals surface area contributed by atoms with Crippen molar-refractivity contribution in [2.45, 2.75) is 96.1 Å². The first-order valence-corrected chi connectivity index (χ1v) is 17.5. The summed E-state index contributed by atoms with van der Waals surface area (Å²) in [4.78, 5) is 27.0. The van der Waals surface area contributed by atoms with E-state index < -0.39 is 26.9 Å². The van der Waals surface area contributed by atoms with Crippen molar-refractivity contribution in [2.75, 3.05) is 17.9 Å². The van der Waals surface area contributed by atoms with Gasteiger partial charge in [0, 0.05) is 43.6 Å². The standard InChI is InChI=1S/C35H47N3O5S/c1-6-27-21-38-22-35(14-15-35)44(42,43)37(5)30-19-28(18-29(27)34(30)38)32(41)17-26(16-25-10-8-7-9-11-25)20-36-33(24(4)39)31(40)13-12-23(2)3/h7-11,18-19,21,23-24,26,33,36,39H,6,12-17,20,22H2,1-5H3/t24-,26+,33-/m0/s1. The molecule has 0 radical (unpaired) electrons. The van der Waals surface area contributed by atoms with E-state index in [9.17, 15) is 23.1 Å². The Kier molecular flexibility index (Phi) is 9.40. The number of rotatable bonds is 14. The number of anilines is 1. The summed E-state index contributed by atoms with van der Waals surface area (Å²) in [7, 11) is -1.97. The summed E-state index contributed by atoms with van der Waals surface area (Å²) >= 11 is 0. The summed E-state index contributed by atoms with van der Waals surface area (Å²) in [6.45, 7) is 8.66. The van der Waals surface area contributed by atoms with Crippen molar-refractivity contribution in [2.24, 2.45) is 11.8 Å². The predicted molar refractivity (Wildman–Crippen MR) is 176 cm³/mol. The van der Waals surface area contributed by atoms with Crippen LogP contribution in [0.2, 0.25) is 0 Å². The molecule has 1 fully saturated rings. The molecule has 2 aromatic carbocycles. The van der Waals surface area contributed by atoms with E-state index in [1.54, 1.807) is 20.0 Å². The first kappa shape index (κ1) is 32.4. The Morgan fingerprint density at radius 2 is 1.80 bits per heavy atom. The van der Waals surface area contributed by atoms with E-state index in [2.05, 4.69) is 36.9 Å². The van der Waals surface area contributed by atoms with Gasteiger partial charge in [0.15, 0.2) is 11.6 Å². The molecule has 44 heavy (non-hydrogen) atoms. The Bertz CT molecular complexity index is 1620. The van der Waals surface area contributed by atoms with Gasteiger partial charge in [0.2, 0.25) is 10.0 Å². The van der Waals surface area contributed by atoms with Crippen molar-refractivity contribution in [3.63, 3.8) is 0 Å². The van der Waals surface area contributed by atoms with Crippen LogP contribution in [0, 0.1) is 11.8 Å². The van der Waals surface area contributed by atoms with Crippen molar-refractivity contribution in [3.8, 4) is 0 Å². The minimum atomic E-state index is -3.58. The fourth-order valence-corrected chi connectivity index (χ4v) is 8.54. The zero-order valence-corrected chi connectivity index (χ0v) is 27.5. The number of nitrogens with zero attached hydrogens (tertiary/aromatic N) is 2. The lowest BCUT2D eigenvalue weighted by atomic mass is 9.90. The average molecular weight is 622 g/mol. The summed E-state index contributed by atoms with van der Waals surface area (Å²) in [6.07, 6.45) is 5.24. The van der Waals surface area contributed by atoms with Crippen LogP contribution in [0.15, 0.2) is 48.7 Å². The fourth-order valence-electron chi connectivity index (χ4n) is 6.64. The molecule has 1 saturated carbocycles. The quantitative estimate of drug-likeness (QED) is 0.237. The molecule has 3 aromatic rings. The third-order valence-corrected chi connectivity index (χ3v) is 12.1. The second kappa shape index (κ2) is 12.8. The van der Waals surface area contributed by atoms with Gasteiger partial charge in [0.25, 0.3) is 0 Å². The number of carbonyl (C=O) groups excluding carboxylic acids is 2. The van der Waals surface area contributed by atoms with E-state index in [1.165, 1.54) is 4.31 Å². The van der Waals surface area contributed by atoms with Gasteiger partial charge in [0.05, 0.1) is 23.3 Å². The van der Waals surface area contributed by atoms with E-state index in [1.807, 2.05) is 36.4 Å². The molecule has 3 atom stereocenters. The zero-order valence-electron chi connectivity index (χ0n) is 26.7. The number of sulfonamides is 1. The van der Waals surface area contributed by atoms with E-state index in [-0.39, 0.29) is 23.9 Å². The van der Waals surface area contributed by atoms with Crippen LogP contribution in [0.25, 0.3) is 10.9 Å². The average Bonchev–Trinajstić information content (AvgIpc) is 3.71. The van der Waals surface area contributed by atoms with Crippen LogP contribution in [0.4, 0.5) is 5.69 Å². The smallest absolute Gasteiger partial charge is 0.242 e. The van der Waals surface area contributed by atoms with Gasteiger partial charge >= 0.3 is 0 Å². The summed E-state index contributed by atoms with van der Waals surface area (Å²) in [5, 5.41) is 14.7. The topological polar surface area (TPSA) is 109 Å². The molecule has 5 rings (SSSR count). The molecule has 8 nitrogen and oxygen atoms in total. The molecule has 2 aliphatic rings. The molecule has 1 spiro atoms. The van der Waals surface area contributed by atoms with Crippen LogP contribution in [0.1, 0.15) is 81.3 Å². The molecular formula is C35H47N3O5S. The lowest BCUT2D eigenvalue weighted by Gasteiger charge is -2.25. The van der Waals surface area contributed by atoms with E-state index in [0.29, 0.717) is 55.9 Å². The van der Waals surface area contributed by atoms with Crippen LogP contribution < -0.4 is 9.62 Å². The monoisotopic (exact) mass is 621 g/mol. The molecule has 9 heteroatoms. The molecule has 1 aromatic heterocycles. The third-order valence-electron chi connectivity index (χ3n) is 9.52. The predicted octanol–water partition coefficient (Wildman–Crippen LogP) is 5.29. The van der Waals surface area contributed by atoms with Gasteiger partial charge in [-0.15, -0.1) is 0 Å². The van der Waals surface area contributed by atoms with Crippen molar-refractivity contribution < 1.29 is 23.1 Å². The highest BCUT2D eigenvalue weighted by atomic mass is 32.2. The molecule has 1 aliphatic heterocycles. The van der Waals surface area contributed by atoms with E-state index >= 15 is 0 Å². The number of aliphatic hydroxyl groups excluding tert-OH is 1. The second-order valence-electron chi connectivity index (χ2n) is 13.4. The Balaban J connectivity index is 1.44. The van der Waals surface area contributed by atoms with Gasteiger partial charge in [0.1, 0.15) is 4.75 Å². The molecule has 1 aliphatic carbocycles. The Morgan fingerprint density at radius 3 is 2.41 bits per heavy atom. The van der Waals surface area contributed by atoms with E-state index in [4.69, 9.17) is 0 Å². The van der Waals surface area contributed by atoms with Crippen molar-refractivity contribution in [1.82, 2.24) is 9.88 Å². The van der Waals surface area contributed by atoms with Gasteiger partial charge in [-0.1, -0.05) is 51.1 Å². The highest BCUT2D eigenvalue weighted by Crippen LogP contribution is 2.51. The Morgan fingerprint density at radius 1 is 1.09 bits per heavy atom. The Labute approximate surface area is 261 Å². The number of hydrogen-bond acceptors (Lipinski definition) is 6. The summed E-state index contributed by atoms with van der Waals surface area (Å²) in [5.41, 5.74) is 4.10. The van der Waals surface area contributed by atoms with Crippen LogP contribution >= 0.6 is 0 Å².